The number of nitrogens with zero attached hydrogens (tertiary/aromatic N) is 2. The van der Waals surface area contributed by atoms with Gasteiger partial charge in [-0.1, -0.05) is 30.3 Å². The van der Waals surface area contributed by atoms with Crippen molar-refractivity contribution < 1.29 is 14.3 Å². The van der Waals surface area contributed by atoms with E-state index in [1.165, 1.54) is 7.11 Å². The van der Waals surface area contributed by atoms with Crippen LogP contribution in [0.25, 0.3) is 0 Å². The van der Waals surface area contributed by atoms with Gasteiger partial charge in [0.2, 0.25) is 0 Å². The Balaban J connectivity index is 1.80. The molecule has 0 bridgehead atoms. The van der Waals surface area contributed by atoms with Gasteiger partial charge in [0.25, 0.3) is 11.8 Å². The third kappa shape index (κ3) is 2.42. The van der Waals surface area contributed by atoms with Crippen molar-refractivity contribution in [3.8, 4) is 0 Å². The highest BCUT2D eigenvalue weighted by molar-refractivity contribution is 5.93. The molecule has 1 saturated heterocycles. The number of amides is 2. The van der Waals surface area contributed by atoms with E-state index in [1.807, 2.05) is 30.3 Å². The molecule has 1 aliphatic heterocycles. The molecule has 5 nitrogen and oxygen atoms in total. The van der Waals surface area contributed by atoms with Gasteiger partial charge in [0.15, 0.2) is 0 Å². The monoisotopic (exact) mass is 288 g/mol. The van der Waals surface area contributed by atoms with Gasteiger partial charge in [-0.3, -0.25) is 14.6 Å². The second-order valence-corrected chi connectivity index (χ2v) is 5.68. The van der Waals surface area contributed by atoms with Gasteiger partial charge in [0.05, 0.1) is 5.41 Å². The van der Waals surface area contributed by atoms with Crippen molar-refractivity contribution in [2.75, 3.05) is 26.8 Å². The predicted octanol–water partition coefficient (Wildman–Crippen LogP) is 1.34. The van der Waals surface area contributed by atoms with E-state index in [-0.39, 0.29) is 18.4 Å². The minimum atomic E-state index is -0.419. The number of ether oxygens (including phenoxy) is 1. The fourth-order valence-electron chi connectivity index (χ4n) is 3.04. The van der Waals surface area contributed by atoms with Crippen LogP contribution in [0.1, 0.15) is 24.8 Å². The summed E-state index contributed by atoms with van der Waals surface area (Å²) in [4.78, 5) is 25.0. The van der Waals surface area contributed by atoms with Crippen molar-refractivity contribution in [1.29, 1.82) is 0 Å². The molecular formula is C16H20N2O3. The number of carbonyl (C=O) groups excluding carboxylic acids is 2. The van der Waals surface area contributed by atoms with Crippen LogP contribution in [0.4, 0.5) is 0 Å². The molecule has 2 fully saturated rings. The first kappa shape index (κ1) is 14.1. The minimum Gasteiger partial charge on any atom is -0.375 e. The lowest BCUT2D eigenvalue weighted by atomic mass is 9.95. The standard InChI is InChI=1S/C16H20N2O3/c1-21-12-14(19)17-10-5-11-18(17)15(20)16(8-9-16)13-6-3-2-4-7-13/h2-4,6-7H,5,8-12H2,1H3. The Labute approximate surface area is 124 Å². The largest absolute Gasteiger partial charge is 0.375 e. The summed E-state index contributed by atoms with van der Waals surface area (Å²) in [7, 11) is 1.49. The van der Waals surface area contributed by atoms with Gasteiger partial charge in [-0.15, -0.1) is 0 Å². The van der Waals surface area contributed by atoms with Crippen molar-refractivity contribution in [2.24, 2.45) is 0 Å². The molecule has 2 aliphatic rings. The van der Waals surface area contributed by atoms with Gasteiger partial charge < -0.3 is 4.74 Å². The quantitative estimate of drug-likeness (QED) is 0.840. The van der Waals surface area contributed by atoms with Gasteiger partial charge in [0, 0.05) is 20.2 Å². The highest BCUT2D eigenvalue weighted by Crippen LogP contribution is 2.50. The maximum Gasteiger partial charge on any atom is 0.267 e. The van der Waals surface area contributed by atoms with Crippen molar-refractivity contribution in [2.45, 2.75) is 24.7 Å². The molecule has 1 aromatic rings. The molecule has 21 heavy (non-hydrogen) atoms. The van der Waals surface area contributed by atoms with E-state index < -0.39 is 5.41 Å². The molecule has 3 rings (SSSR count). The van der Waals surface area contributed by atoms with Crippen LogP contribution < -0.4 is 0 Å². The van der Waals surface area contributed by atoms with Crippen molar-refractivity contribution >= 4 is 11.8 Å². The van der Waals surface area contributed by atoms with Gasteiger partial charge in [0.1, 0.15) is 6.61 Å². The minimum absolute atomic E-state index is 0.0160. The van der Waals surface area contributed by atoms with Crippen LogP contribution in [0.5, 0.6) is 0 Å². The Kier molecular flexibility index (Phi) is 3.68. The first-order chi connectivity index (χ1) is 10.2. The van der Waals surface area contributed by atoms with E-state index in [9.17, 15) is 9.59 Å². The summed E-state index contributed by atoms with van der Waals surface area (Å²) in [5.41, 5.74) is 0.637. The zero-order valence-corrected chi connectivity index (χ0v) is 12.2. The van der Waals surface area contributed by atoms with E-state index in [4.69, 9.17) is 4.74 Å². The smallest absolute Gasteiger partial charge is 0.267 e. The number of methoxy groups -OCH3 is 1. The van der Waals surface area contributed by atoms with E-state index in [1.54, 1.807) is 10.0 Å². The van der Waals surface area contributed by atoms with Gasteiger partial charge in [-0.2, -0.15) is 0 Å². The molecule has 0 unspecified atom stereocenters. The second kappa shape index (κ2) is 5.48. The van der Waals surface area contributed by atoms with Crippen molar-refractivity contribution in [3.05, 3.63) is 35.9 Å². The molecule has 1 saturated carbocycles. The molecule has 0 atom stereocenters. The SMILES string of the molecule is COCC(=O)N1CCCN1C(=O)C1(c2ccccc2)CC1. The number of benzene rings is 1. The van der Waals surface area contributed by atoms with E-state index >= 15 is 0 Å². The molecule has 2 amide bonds. The lowest BCUT2D eigenvalue weighted by Gasteiger charge is -2.31. The van der Waals surface area contributed by atoms with Crippen LogP contribution >= 0.6 is 0 Å². The Morgan fingerprint density at radius 2 is 1.81 bits per heavy atom. The summed E-state index contributed by atoms with van der Waals surface area (Å²) in [6, 6.07) is 9.87. The third-order valence-electron chi connectivity index (χ3n) is 4.31. The number of hydrazine groups is 1. The lowest BCUT2D eigenvalue weighted by molar-refractivity contribution is -0.161. The van der Waals surface area contributed by atoms with E-state index in [0.29, 0.717) is 13.1 Å². The van der Waals surface area contributed by atoms with Crippen LogP contribution in [0.3, 0.4) is 0 Å². The maximum atomic E-state index is 12.9. The average molecular weight is 288 g/mol. The number of hydrogen-bond donors (Lipinski definition) is 0. The summed E-state index contributed by atoms with van der Waals surface area (Å²) in [6.45, 7) is 1.23. The highest BCUT2D eigenvalue weighted by Gasteiger charge is 2.54. The Bertz CT molecular complexity index is 540. The fourth-order valence-corrected chi connectivity index (χ4v) is 3.04. The molecule has 0 radical (unpaired) electrons. The van der Waals surface area contributed by atoms with Gasteiger partial charge >= 0.3 is 0 Å². The van der Waals surface area contributed by atoms with E-state index in [2.05, 4.69) is 0 Å². The zero-order chi connectivity index (χ0) is 14.9. The third-order valence-corrected chi connectivity index (χ3v) is 4.31. The molecular weight excluding hydrogens is 268 g/mol. The Morgan fingerprint density at radius 3 is 2.43 bits per heavy atom. The first-order valence-electron chi connectivity index (χ1n) is 7.36. The number of rotatable bonds is 4. The number of carbonyl (C=O) groups is 2. The normalized spacial score (nSPS) is 19.7. The first-order valence-corrected chi connectivity index (χ1v) is 7.36. The second-order valence-electron chi connectivity index (χ2n) is 5.68. The summed E-state index contributed by atoms with van der Waals surface area (Å²) in [5.74, 6) is -0.0946. The van der Waals surface area contributed by atoms with Crippen molar-refractivity contribution in [1.82, 2.24) is 10.0 Å². The van der Waals surface area contributed by atoms with Crippen molar-refractivity contribution in [3.63, 3.8) is 0 Å². The molecule has 5 heteroatoms. The van der Waals surface area contributed by atoms with Crippen LogP contribution in [0.15, 0.2) is 30.3 Å². The Hall–Kier alpha value is -1.88. The molecule has 112 valence electrons. The molecule has 0 spiro atoms. The molecule has 0 N–H and O–H groups in total. The highest BCUT2D eigenvalue weighted by atomic mass is 16.5. The number of hydrogen-bond acceptors (Lipinski definition) is 3. The van der Waals surface area contributed by atoms with E-state index in [0.717, 1.165) is 24.8 Å². The van der Waals surface area contributed by atoms with Gasteiger partial charge in [-0.05, 0) is 24.8 Å². The average Bonchev–Trinajstić information content (AvgIpc) is 3.18. The fraction of sp³-hybridized carbons (Fsp3) is 0.500. The topological polar surface area (TPSA) is 49.9 Å². The molecule has 1 aliphatic carbocycles. The predicted molar refractivity (Wildman–Crippen MR) is 77.3 cm³/mol. The summed E-state index contributed by atoms with van der Waals surface area (Å²) in [6.07, 6.45) is 2.55. The molecule has 1 heterocycles. The summed E-state index contributed by atoms with van der Waals surface area (Å²) in [5, 5.41) is 3.18. The molecule has 1 aromatic carbocycles. The van der Waals surface area contributed by atoms with Gasteiger partial charge in [-0.25, -0.2) is 5.01 Å². The van der Waals surface area contributed by atoms with Crippen LogP contribution in [0.2, 0.25) is 0 Å². The Morgan fingerprint density at radius 1 is 1.14 bits per heavy atom. The zero-order valence-electron chi connectivity index (χ0n) is 12.2. The maximum absolute atomic E-state index is 12.9. The van der Waals surface area contributed by atoms with Crippen LogP contribution in [0, 0.1) is 0 Å². The summed E-state index contributed by atoms with van der Waals surface area (Å²) >= 11 is 0. The molecule has 0 aromatic heterocycles. The summed E-state index contributed by atoms with van der Waals surface area (Å²) < 4.78 is 4.90. The van der Waals surface area contributed by atoms with Crippen LogP contribution in [-0.4, -0.2) is 48.6 Å². The lowest BCUT2D eigenvalue weighted by Crippen LogP contribution is -2.49. The van der Waals surface area contributed by atoms with Crippen LogP contribution in [-0.2, 0) is 19.7 Å².